The van der Waals surface area contributed by atoms with Gasteiger partial charge in [-0.1, -0.05) is 19.8 Å². The zero-order valence-corrected chi connectivity index (χ0v) is 12.4. The highest BCUT2D eigenvalue weighted by Gasteiger charge is 2.46. The number of carboxylic acid groups (broad SMARTS) is 1. The molecule has 0 aliphatic heterocycles. The lowest BCUT2D eigenvalue weighted by Crippen LogP contribution is -2.61. The van der Waals surface area contributed by atoms with Crippen molar-refractivity contribution >= 4 is 12.0 Å². The van der Waals surface area contributed by atoms with Crippen molar-refractivity contribution in [2.24, 2.45) is 13.0 Å². The number of nitrogens with zero attached hydrogens (tertiary/aromatic N) is 2. The Bertz CT molecular complexity index is 528. The second-order valence-electron chi connectivity index (χ2n) is 5.71. The molecule has 1 fully saturated rings. The molecule has 21 heavy (non-hydrogen) atoms. The van der Waals surface area contributed by atoms with Gasteiger partial charge in [0.1, 0.15) is 5.54 Å². The molecule has 2 amide bonds. The lowest BCUT2D eigenvalue weighted by atomic mass is 9.73. The third-order valence-corrected chi connectivity index (χ3v) is 4.22. The second kappa shape index (κ2) is 6.15. The third-order valence-electron chi connectivity index (χ3n) is 4.22. The highest BCUT2D eigenvalue weighted by atomic mass is 16.4. The molecule has 0 bridgehead atoms. The quantitative estimate of drug-likeness (QED) is 0.778. The smallest absolute Gasteiger partial charge is 0.329 e. The first-order chi connectivity index (χ1) is 9.94. The molecule has 0 radical (unpaired) electrons. The summed E-state index contributed by atoms with van der Waals surface area (Å²) in [6, 6.07) is 1.34. The van der Waals surface area contributed by atoms with Crippen LogP contribution in [0.5, 0.6) is 0 Å². The first-order valence-electron chi connectivity index (χ1n) is 7.22. The molecule has 0 saturated heterocycles. The molecular formula is C14H22N4O3. The van der Waals surface area contributed by atoms with Crippen LogP contribution in [0, 0.1) is 5.92 Å². The number of carbonyl (C=O) groups is 2. The molecule has 1 aromatic rings. The maximum Gasteiger partial charge on any atom is 0.329 e. The Balaban J connectivity index is 1.97. The molecule has 1 saturated carbocycles. The number of rotatable bonds is 4. The van der Waals surface area contributed by atoms with Gasteiger partial charge in [-0.3, -0.25) is 4.68 Å². The van der Waals surface area contributed by atoms with Crippen molar-refractivity contribution in [2.75, 3.05) is 0 Å². The van der Waals surface area contributed by atoms with Gasteiger partial charge in [0.15, 0.2) is 0 Å². The summed E-state index contributed by atoms with van der Waals surface area (Å²) < 4.78 is 1.65. The van der Waals surface area contributed by atoms with E-state index in [9.17, 15) is 14.7 Å². The molecule has 7 nitrogen and oxygen atoms in total. The number of hydrogen-bond acceptors (Lipinski definition) is 3. The highest BCUT2D eigenvalue weighted by molar-refractivity contribution is 5.86. The number of aryl methyl sites for hydroxylation is 1. The summed E-state index contributed by atoms with van der Waals surface area (Å²) in [7, 11) is 1.80. The van der Waals surface area contributed by atoms with Crippen molar-refractivity contribution in [2.45, 2.75) is 44.7 Å². The molecule has 7 heteroatoms. The zero-order valence-electron chi connectivity index (χ0n) is 12.4. The molecule has 1 aliphatic carbocycles. The summed E-state index contributed by atoms with van der Waals surface area (Å²) in [5, 5.41) is 19.0. The van der Waals surface area contributed by atoms with Gasteiger partial charge in [-0.15, -0.1) is 0 Å². The predicted octanol–water partition coefficient (Wildman–Crippen LogP) is 1.25. The van der Waals surface area contributed by atoms with E-state index in [1.54, 1.807) is 24.0 Å². The van der Waals surface area contributed by atoms with Crippen LogP contribution >= 0.6 is 0 Å². The summed E-state index contributed by atoms with van der Waals surface area (Å²) in [6.45, 7) is 2.16. The second-order valence-corrected chi connectivity index (χ2v) is 5.71. The van der Waals surface area contributed by atoms with Gasteiger partial charge in [-0.25, -0.2) is 9.59 Å². The van der Waals surface area contributed by atoms with Gasteiger partial charge in [-0.2, -0.15) is 5.10 Å². The molecule has 2 unspecified atom stereocenters. The first-order valence-corrected chi connectivity index (χ1v) is 7.22. The SMILES string of the molecule is CC1CCCCC1(NC(=O)NCc1ccn(C)n1)C(=O)O. The summed E-state index contributed by atoms with van der Waals surface area (Å²) in [5.41, 5.74) is -0.430. The summed E-state index contributed by atoms with van der Waals surface area (Å²) in [5.74, 6) is -1.04. The van der Waals surface area contributed by atoms with E-state index in [4.69, 9.17) is 0 Å². The van der Waals surface area contributed by atoms with Gasteiger partial charge in [-0.05, 0) is 24.8 Å². The van der Waals surface area contributed by atoms with Crippen LogP contribution in [-0.2, 0) is 18.4 Å². The van der Waals surface area contributed by atoms with E-state index >= 15 is 0 Å². The molecule has 0 spiro atoms. The maximum atomic E-state index is 12.0. The van der Waals surface area contributed by atoms with Crippen LogP contribution in [0.2, 0.25) is 0 Å². The number of hydrogen-bond donors (Lipinski definition) is 3. The lowest BCUT2D eigenvalue weighted by molar-refractivity contribution is -0.148. The van der Waals surface area contributed by atoms with E-state index in [-0.39, 0.29) is 12.5 Å². The molecule has 2 atom stereocenters. The Morgan fingerprint density at radius 1 is 1.52 bits per heavy atom. The fourth-order valence-corrected chi connectivity index (χ4v) is 2.88. The van der Waals surface area contributed by atoms with Crippen LogP contribution < -0.4 is 10.6 Å². The van der Waals surface area contributed by atoms with Crippen molar-refractivity contribution in [3.8, 4) is 0 Å². The van der Waals surface area contributed by atoms with E-state index in [2.05, 4.69) is 15.7 Å². The minimum Gasteiger partial charge on any atom is -0.479 e. The molecule has 3 N–H and O–H groups in total. The predicted molar refractivity (Wildman–Crippen MR) is 76.6 cm³/mol. The van der Waals surface area contributed by atoms with E-state index in [0.29, 0.717) is 6.42 Å². The van der Waals surface area contributed by atoms with Crippen molar-refractivity contribution < 1.29 is 14.7 Å². The summed E-state index contributed by atoms with van der Waals surface area (Å²) >= 11 is 0. The van der Waals surface area contributed by atoms with Gasteiger partial charge in [0.2, 0.25) is 0 Å². The lowest BCUT2D eigenvalue weighted by Gasteiger charge is -2.39. The van der Waals surface area contributed by atoms with Crippen LogP contribution in [0.4, 0.5) is 4.79 Å². The zero-order chi connectivity index (χ0) is 15.5. The number of aliphatic carboxylic acids is 1. The standard InChI is InChI=1S/C14H22N4O3/c1-10-5-3-4-7-14(10,12(19)20)16-13(21)15-9-11-6-8-18(2)17-11/h6,8,10H,3-5,7,9H2,1-2H3,(H,19,20)(H2,15,16,21). The Morgan fingerprint density at radius 2 is 2.29 bits per heavy atom. The molecule has 1 aliphatic rings. The number of amides is 2. The summed E-state index contributed by atoms with van der Waals surface area (Å²) in [6.07, 6.45) is 4.90. The molecular weight excluding hydrogens is 272 g/mol. The first kappa shape index (κ1) is 15.3. The number of carboxylic acids is 1. The van der Waals surface area contributed by atoms with E-state index in [1.165, 1.54) is 0 Å². The Hall–Kier alpha value is -2.05. The van der Waals surface area contributed by atoms with E-state index in [0.717, 1.165) is 25.0 Å². The van der Waals surface area contributed by atoms with Crippen molar-refractivity contribution in [1.82, 2.24) is 20.4 Å². The van der Waals surface area contributed by atoms with Gasteiger partial charge in [0.05, 0.1) is 12.2 Å². The third kappa shape index (κ3) is 3.34. The minimum absolute atomic E-state index is 0.0793. The average molecular weight is 294 g/mol. The molecule has 0 aromatic carbocycles. The minimum atomic E-state index is -1.16. The molecule has 116 valence electrons. The fraction of sp³-hybridized carbons (Fsp3) is 0.643. The van der Waals surface area contributed by atoms with Gasteiger partial charge < -0.3 is 15.7 Å². The van der Waals surface area contributed by atoms with Crippen LogP contribution in [0.25, 0.3) is 0 Å². The maximum absolute atomic E-state index is 12.0. The number of carbonyl (C=O) groups excluding carboxylic acids is 1. The van der Waals surface area contributed by atoms with Gasteiger partial charge in [0, 0.05) is 13.2 Å². The molecule has 1 heterocycles. The topological polar surface area (TPSA) is 96.3 Å². The van der Waals surface area contributed by atoms with Crippen molar-refractivity contribution in [3.05, 3.63) is 18.0 Å². The van der Waals surface area contributed by atoms with Crippen molar-refractivity contribution in [1.29, 1.82) is 0 Å². The Morgan fingerprint density at radius 3 is 2.86 bits per heavy atom. The Kier molecular flexibility index (Phi) is 4.50. The normalized spacial score (nSPS) is 25.3. The van der Waals surface area contributed by atoms with Crippen LogP contribution in [0.15, 0.2) is 12.3 Å². The van der Waals surface area contributed by atoms with Gasteiger partial charge >= 0.3 is 12.0 Å². The van der Waals surface area contributed by atoms with Crippen LogP contribution in [-0.4, -0.2) is 32.4 Å². The van der Waals surface area contributed by atoms with Gasteiger partial charge in [0.25, 0.3) is 0 Å². The van der Waals surface area contributed by atoms with Crippen LogP contribution in [0.3, 0.4) is 0 Å². The van der Waals surface area contributed by atoms with Crippen molar-refractivity contribution in [3.63, 3.8) is 0 Å². The number of urea groups is 1. The monoisotopic (exact) mass is 294 g/mol. The van der Waals surface area contributed by atoms with E-state index in [1.807, 2.05) is 6.92 Å². The van der Waals surface area contributed by atoms with E-state index < -0.39 is 17.5 Å². The Labute approximate surface area is 123 Å². The largest absolute Gasteiger partial charge is 0.479 e. The number of nitrogens with one attached hydrogen (secondary N) is 2. The summed E-state index contributed by atoms with van der Waals surface area (Å²) in [4.78, 5) is 23.7. The van der Waals surface area contributed by atoms with Crippen LogP contribution in [0.1, 0.15) is 38.3 Å². The average Bonchev–Trinajstić information content (AvgIpc) is 2.85. The molecule has 2 rings (SSSR count). The highest BCUT2D eigenvalue weighted by Crippen LogP contribution is 2.33. The number of aromatic nitrogens is 2. The fourth-order valence-electron chi connectivity index (χ4n) is 2.88. The molecule has 1 aromatic heterocycles.